The number of ether oxygens (including phenoxy) is 1. The molecular weight excluding hydrogens is 334 g/mol. The van der Waals surface area contributed by atoms with E-state index in [-0.39, 0.29) is 11.2 Å². The first-order valence-corrected chi connectivity index (χ1v) is 8.93. The van der Waals surface area contributed by atoms with E-state index in [4.69, 9.17) is 10.5 Å². The molecule has 1 heterocycles. The van der Waals surface area contributed by atoms with E-state index in [1.807, 2.05) is 42.5 Å². The van der Waals surface area contributed by atoms with Crippen LogP contribution in [-0.4, -0.2) is 12.1 Å². The Labute approximate surface area is 159 Å². The molecule has 3 aromatic rings. The lowest BCUT2D eigenvalue weighted by atomic mass is 9.69. The monoisotopic (exact) mass is 355 g/mol. The van der Waals surface area contributed by atoms with Crippen LogP contribution in [0.2, 0.25) is 0 Å². The van der Waals surface area contributed by atoms with Crippen LogP contribution in [0.5, 0.6) is 5.75 Å². The van der Waals surface area contributed by atoms with E-state index in [2.05, 4.69) is 31.0 Å². The Morgan fingerprint density at radius 2 is 1.89 bits per heavy atom. The molecule has 2 N–H and O–H groups in total. The van der Waals surface area contributed by atoms with Gasteiger partial charge in [-0.25, -0.2) is 4.98 Å². The molecule has 0 spiro atoms. The van der Waals surface area contributed by atoms with Gasteiger partial charge in [0.15, 0.2) is 0 Å². The van der Waals surface area contributed by atoms with Gasteiger partial charge in [0.25, 0.3) is 0 Å². The van der Waals surface area contributed by atoms with Gasteiger partial charge in [-0.05, 0) is 46.7 Å². The Hall–Kier alpha value is -3.32. The number of nitrogen functional groups attached to an aromatic ring is 1. The van der Waals surface area contributed by atoms with Crippen LogP contribution >= 0.6 is 0 Å². The standard InChI is InChI=1S/C23H21N3O/c1-23(2)12-17-20(14-7-5-4-6-8-14)18(13-24)22(25)26-21(17)16-10-9-15(27-3)11-19(16)23/h4-11H,12H2,1-3H3,(H2,25,26). The summed E-state index contributed by atoms with van der Waals surface area (Å²) in [5.41, 5.74) is 12.6. The van der Waals surface area contributed by atoms with Crippen molar-refractivity contribution in [1.29, 1.82) is 5.26 Å². The molecule has 4 heteroatoms. The third kappa shape index (κ3) is 2.63. The number of rotatable bonds is 2. The summed E-state index contributed by atoms with van der Waals surface area (Å²) in [6.07, 6.45) is 0.773. The van der Waals surface area contributed by atoms with Gasteiger partial charge in [0.1, 0.15) is 23.2 Å². The number of hydrogen-bond donors (Lipinski definition) is 1. The minimum atomic E-state index is -0.120. The zero-order valence-electron chi connectivity index (χ0n) is 15.7. The molecule has 1 aliphatic carbocycles. The highest BCUT2D eigenvalue weighted by Crippen LogP contribution is 2.47. The Bertz CT molecular complexity index is 1080. The summed E-state index contributed by atoms with van der Waals surface area (Å²) in [6, 6.07) is 18.3. The number of nitriles is 1. The first-order valence-electron chi connectivity index (χ1n) is 8.93. The lowest BCUT2D eigenvalue weighted by molar-refractivity contribution is 0.411. The molecule has 0 saturated heterocycles. The fraction of sp³-hybridized carbons (Fsp3) is 0.217. The van der Waals surface area contributed by atoms with Crippen molar-refractivity contribution in [2.75, 3.05) is 12.8 Å². The molecule has 0 radical (unpaired) electrons. The summed E-state index contributed by atoms with van der Waals surface area (Å²) in [5, 5.41) is 9.77. The Morgan fingerprint density at radius 1 is 1.15 bits per heavy atom. The van der Waals surface area contributed by atoms with Gasteiger partial charge < -0.3 is 10.5 Å². The Balaban J connectivity index is 2.09. The number of benzene rings is 2. The van der Waals surface area contributed by atoms with Crippen LogP contribution in [0, 0.1) is 11.3 Å². The minimum Gasteiger partial charge on any atom is -0.497 e. The average Bonchev–Trinajstić information content (AvgIpc) is 2.68. The fourth-order valence-electron chi connectivity index (χ4n) is 4.03. The number of methoxy groups -OCH3 is 1. The van der Waals surface area contributed by atoms with Gasteiger partial charge in [0.05, 0.1) is 12.8 Å². The summed E-state index contributed by atoms with van der Waals surface area (Å²) in [6.45, 7) is 4.43. The number of hydrogen-bond acceptors (Lipinski definition) is 4. The topological polar surface area (TPSA) is 71.9 Å². The van der Waals surface area contributed by atoms with Crippen molar-refractivity contribution in [1.82, 2.24) is 4.98 Å². The van der Waals surface area contributed by atoms with Crippen LogP contribution in [0.3, 0.4) is 0 Å². The maximum atomic E-state index is 9.77. The maximum absolute atomic E-state index is 9.77. The molecule has 134 valence electrons. The van der Waals surface area contributed by atoms with Gasteiger partial charge in [-0.1, -0.05) is 44.2 Å². The van der Waals surface area contributed by atoms with Gasteiger partial charge in [0.2, 0.25) is 0 Å². The summed E-state index contributed by atoms with van der Waals surface area (Å²) in [5.74, 6) is 1.10. The quantitative estimate of drug-likeness (QED) is 0.722. The molecule has 0 atom stereocenters. The molecule has 0 aliphatic heterocycles. The summed E-state index contributed by atoms with van der Waals surface area (Å²) >= 11 is 0. The molecule has 0 saturated carbocycles. The van der Waals surface area contributed by atoms with E-state index in [0.29, 0.717) is 5.56 Å². The molecule has 0 fully saturated rings. The van der Waals surface area contributed by atoms with E-state index >= 15 is 0 Å². The molecule has 0 unspecified atom stereocenters. The predicted molar refractivity (Wildman–Crippen MR) is 108 cm³/mol. The minimum absolute atomic E-state index is 0.120. The van der Waals surface area contributed by atoms with Gasteiger partial charge >= 0.3 is 0 Å². The molecule has 2 aromatic carbocycles. The summed E-state index contributed by atoms with van der Waals surface area (Å²) < 4.78 is 5.43. The zero-order valence-corrected chi connectivity index (χ0v) is 15.7. The number of aromatic nitrogens is 1. The average molecular weight is 355 g/mol. The second kappa shape index (κ2) is 6.14. The number of nitrogens with two attached hydrogens (primary N) is 1. The highest BCUT2D eigenvalue weighted by atomic mass is 16.5. The first kappa shape index (κ1) is 17.1. The van der Waals surface area contributed by atoms with Crippen molar-refractivity contribution in [3.63, 3.8) is 0 Å². The molecule has 27 heavy (non-hydrogen) atoms. The smallest absolute Gasteiger partial charge is 0.142 e. The summed E-state index contributed by atoms with van der Waals surface area (Å²) in [4.78, 5) is 4.65. The van der Waals surface area contributed by atoms with Crippen molar-refractivity contribution in [3.8, 4) is 34.2 Å². The maximum Gasteiger partial charge on any atom is 0.142 e. The van der Waals surface area contributed by atoms with Crippen LogP contribution in [0.1, 0.15) is 30.5 Å². The van der Waals surface area contributed by atoms with Crippen LogP contribution < -0.4 is 10.5 Å². The number of pyridine rings is 1. The summed E-state index contributed by atoms with van der Waals surface area (Å²) in [7, 11) is 1.68. The van der Waals surface area contributed by atoms with Crippen molar-refractivity contribution >= 4 is 5.82 Å². The van der Waals surface area contributed by atoms with E-state index < -0.39 is 0 Å². The third-order valence-electron chi connectivity index (χ3n) is 5.33. The zero-order chi connectivity index (χ0) is 19.2. The van der Waals surface area contributed by atoms with Crippen LogP contribution in [0.15, 0.2) is 48.5 Å². The fourth-order valence-corrected chi connectivity index (χ4v) is 4.03. The third-order valence-corrected chi connectivity index (χ3v) is 5.33. The van der Waals surface area contributed by atoms with Gasteiger partial charge in [-0.2, -0.15) is 5.26 Å². The molecular formula is C23H21N3O. The van der Waals surface area contributed by atoms with Gasteiger partial charge in [-0.3, -0.25) is 0 Å². The SMILES string of the molecule is COc1ccc2c(c1)C(C)(C)Cc1c-2nc(N)c(C#N)c1-c1ccccc1. The van der Waals surface area contributed by atoms with E-state index in [1.54, 1.807) is 7.11 Å². The van der Waals surface area contributed by atoms with Crippen LogP contribution in [0.25, 0.3) is 22.4 Å². The molecule has 1 aromatic heterocycles. The number of anilines is 1. The number of fused-ring (bicyclic) bond motifs is 3. The number of nitrogens with zero attached hydrogens (tertiary/aromatic N) is 2. The highest BCUT2D eigenvalue weighted by molar-refractivity contribution is 5.87. The molecule has 0 amide bonds. The van der Waals surface area contributed by atoms with Crippen molar-refractivity contribution in [3.05, 3.63) is 65.2 Å². The predicted octanol–water partition coefficient (Wildman–Crippen LogP) is 4.71. The van der Waals surface area contributed by atoms with Gasteiger partial charge in [-0.15, -0.1) is 0 Å². The van der Waals surface area contributed by atoms with E-state index in [9.17, 15) is 5.26 Å². The molecule has 4 rings (SSSR count). The molecule has 1 aliphatic rings. The Morgan fingerprint density at radius 3 is 2.56 bits per heavy atom. The lowest BCUT2D eigenvalue weighted by Gasteiger charge is -2.35. The van der Waals surface area contributed by atoms with Crippen molar-refractivity contribution in [2.45, 2.75) is 25.7 Å². The molecule has 0 bridgehead atoms. The second-order valence-corrected chi connectivity index (χ2v) is 7.52. The van der Waals surface area contributed by atoms with E-state index in [1.165, 1.54) is 5.56 Å². The highest BCUT2D eigenvalue weighted by Gasteiger charge is 2.35. The lowest BCUT2D eigenvalue weighted by Crippen LogP contribution is -2.27. The van der Waals surface area contributed by atoms with E-state index in [0.717, 1.165) is 40.1 Å². The molecule has 4 nitrogen and oxygen atoms in total. The normalized spacial score (nSPS) is 14.0. The van der Waals surface area contributed by atoms with Crippen molar-refractivity contribution < 1.29 is 4.74 Å². The Kier molecular flexibility index (Phi) is 3.89. The second-order valence-electron chi connectivity index (χ2n) is 7.52. The van der Waals surface area contributed by atoms with Crippen LogP contribution in [0.4, 0.5) is 5.82 Å². The van der Waals surface area contributed by atoms with Crippen LogP contribution in [-0.2, 0) is 11.8 Å². The first-order chi connectivity index (χ1) is 13.0. The van der Waals surface area contributed by atoms with Crippen molar-refractivity contribution in [2.24, 2.45) is 0 Å². The van der Waals surface area contributed by atoms with Gasteiger partial charge in [0, 0.05) is 11.1 Å². The largest absolute Gasteiger partial charge is 0.497 e.